The number of hydrogen-bond donors (Lipinski definition) is 2. The monoisotopic (exact) mass is 300 g/mol. The van der Waals surface area contributed by atoms with Gasteiger partial charge in [-0.1, -0.05) is 12.1 Å². The largest absolute Gasteiger partial charge is 0.490 e. The van der Waals surface area contributed by atoms with Gasteiger partial charge < -0.3 is 10.1 Å². The van der Waals surface area contributed by atoms with Gasteiger partial charge in [-0.25, -0.2) is 9.18 Å². The molecule has 7 heteroatoms. The third kappa shape index (κ3) is 6.42. The summed E-state index contributed by atoms with van der Waals surface area (Å²) in [4.78, 5) is 22.1. The summed E-state index contributed by atoms with van der Waals surface area (Å²) in [5.74, 6) is 0.727. The van der Waals surface area contributed by atoms with Crippen LogP contribution in [0.1, 0.15) is 6.42 Å². The summed E-state index contributed by atoms with van der Waals surface area (Å²) in [6.07, 6.45) is 0.248. The van der Waals surface area contributed by atoms with Crippen LogP contribution >= 0.6 is 11.8 Å². The SMILES string of the molecule is CNC(=O)NC(=O)CCSCCOc1ccccc1F. The highest BCUT2D eigenvalue weighted by Gasteiger charge is 2.05. The Morgan fingerprint density at radius 2 is 2.05 bits per heavy atom. The Kier molecular flexibility index (Phi) is 7.49. The molecule has 20 heavy (non-hydrogen) atoms. The topological polar surface area (TPSA) is 67.4 Å². The molecule has 0 unspecified atom stereocenters. The van der Waals surface area contributed by atoms with Crippen molar-refractivity contribution in [1.82, 2.24) is 10.6 Å². The fourth-order valence-electron chi connectivity index (χ4n) is 1.29. The third-order valence-corrected chi connectivity index (χ3v) is 3.22. The Morgan fingerprint density at radius 3 is 2.75 bits per heavy atom. The average Bonchev–Trinajstić information content (AvgIpc) is 2.44. The maximum Gasteiger partial charge on any atom is 0.321 e. The van der Waals surface area contributed by atoms with Crippen molar-refractivity contribution in [3.05, 3.63) is 30.1 Å². The zero-order valence-corrected chi connectivity index (χ0v) is 12.0. The highest BCUT2D eigenvalue weighted by molar-refractivity contribution is 7.99. The Balaban J connectivity index is 2.07. The minimum absolute atomic E-state index is 0.227. The molecule has 5 nitrogen and oxygen atoms in total. The van der Waals surface area contributed by atoms with E-state index >= 15 is 0 Å². The number of ether oxygens (including phenoxy) is 1. The summed E-state index contributed by atoms with van der Waals surface area (Å²) < 4.78 is 18.5. The van der Waals surface area contributed by atoms with Crippen LogP contribution in [-0.2, 0) is 4.79 Å². The van der Waals surface area contributed by atoms with Crippen LogP contribution in [0.3, 0.4) is 0 Å². The maximum atomic E-state index is 13.2. The van der Waals surface area contributed by atoms with E-state index in [9.17, 15) is 14.0 Å². The second-order valence-corrected chi connectivity index (χ2v) is 4.99. The second-order valence-electron chi connectivity index (χ2n) is 3.77. The molecule has 1 aromatic rings. The van der Waals surface area contributed by atoms with E-state index in [4.69, 9.17) is 4.74 Å². The van der Waals surface area contributed by atoms with Crippen molar-refractivity contribution in [3.8, 4) is 5.75 Å². The van der Waals surface area contributed by atoms with Gasteiger partial charge in [0.2, 0.25) is 5.91 Å². The molecule has 1 rings (SSSR count). The van der Waals surface area contributed by atoms with Crippen LogP contribution in [0.2, 0.25) is 0 Å². The molecule has 0 heterocycles. The summed E-state index contributed by atoms with van der Waals surface area (Å²) in [6.45, 7) is 0.364. The smallest absolute Gasteiger partial charge is 0.321 e. The number of amides is 3. The van der Waals surface area contributed by atoms with Crippen LogP contribution in [0.25, 0.3) is 0 Å². The number of benzene rings is 1. The van der Waals surface area contributed by atoms with Gasteiger partial charge in [0, 0.05) is 25.0 Å². The van der Waals surface area contributed by atoms with E-state index in [2.05, 4.69) is 10.6 Å². The van der Waals surface area contributed by atoms with Gasteiger partial charge in [0.1, 0.15) is 0 Å². The number of para-hydroxylation sites is 1. The van der Waals surface area contributed by atoms with Crippen LogP contribution in [0.5, 0.6) is 5.75 Å². The Morgan fingerprint density at radius 1 is 1.30 bits per heavy atom. The number of imide groups is 1. The van der Waals surface area contributed by atoms with E-state index in [1.807, 2.05) is 0 Å². The summed E-state index contributed by atoms with van der Waals surface area (Å²) in [5.41, 5.74) is 0. The van der Waals surface area contributed by atoms with Crippen molar-refractivity contribution in [1.29, 1.82) is 0 Å². The van der Waals surface area contributed by atoms with E-state index < -0.39 is 6.03 Å². The lowest BCUT2D eigenvalue weighted by Gasteiger charge is -2.06. The Bertz CT molecular complexity index is 457. The summed E-state index contributed by atoms with van der Waals surface area (Å²) in [5, 5.41) is 4.47. The molecule has 110 valence electrons. The van der Waals surface area contributed by atoms with Crippen LogP contribution in [0.15, 0.2) is 24.3 Å². The molecule has 0 aliphatic rings. The standard InChI is InChI=1S/C13H17FN2O3S/c1-15-13(18)16-12(17)6-8-20-9-7-19-11-5-3-2-4-10(11)14/h2-5H,6-9H2,1H3,(H2,15,16,17,18). The number of hydrogen-bond acceptors (Lipinski definition) is 4. The zero-order chi connectivity index (χ0) is 14.8. The van der Waals surface area contributed by atoms with Gasteiger partial charge in [-0.05, 0) is 12.1 Å². The predicted molar refractivity (Wildman–Crippen MR) is 76.4 cm³/mol. The van der Waals surface area contributed by atoms with E-state index in [1.54, 1.807) is 18.2 Å². The van der Waals surface area contributed by atoms with Crippen molar-refractivity contribution in [2.75, 3.05) is 25.2 Å². The van der Waals surface area contributed by atoms with Gasteiger partial charge in [0.05, 0.1) is 6.61 Å². The van der Waals surface area contributed by atoms with Crippen molar-refractivity contribution in [2.24, 2.45) is 0 Å². The lowest BCUT2D eigenvalue weighted by atomic mass is 10.3. The lowest BCUT2D eigenvalue weighted by molar-refractivity contribution is -0.119. The molecule has 0 saturated heterocycles. The molecule has 3 amide bonds. The van der Waals surface area contributed by atoms with Crippen molar-refractivity contribution in [3.63, 3.8) is 0 Å². The fourth-order valence-corrected chi connectivity index (χ4v) is 2.03. The van der Waals surface area contributed by atoms with Crippen LogP contribution in [0.4, 0.5) is 9.18 Å². The first-order chi connectivity index (χ1) is 9.63. The predicted octanol–water partition coefficient (Wildman–Crippen LogP) is 1.78. The molecule has 0 atom stereocenters. The number of nitrogens with one attached hydrogen (secondary N) is 2. The first-order valence-electron chi connectivity index (χ1n) is 6.10. The normalized spacial score (nSPS) is 9.90. The molecule has 0 bridgehead atoms. The molecule has 0 aliphatic heterocycles. The number of halogens is 1. The summed E-state index contributed by atoms with van der Waals surface area (Å²) in [6, 6.07) is 5.70. The molecule has 0 radical (unpaired) electrons. The molecule has 2 N–H and O–H groups in total. The molecule has 1 aromatic carbocycles. The van der Waals surface area contributed by atoms with E-state index in [-0.39, 0.29) is 23.9 Å². The summed E-state index contributed by atoms with van der Waals surface area (Å²) >= 11 is 1.50. The van der Waals surface area contributed by atoms with Gasteiger partial charge in [0.25, 0.3) is 0 Å². The van der Waals surface area contributed by atoms with Crippen molar-refractivity contribution >= 4 is 23.7 Å². The lowest BCUT2D eigenvalue weighted by Crippen LogP contribution is -2.37. The maximum absolute atomic E-state index is 13.2. The Hall–Kier alpha value is -1.76. The molecular weight excluding hydrogens is 283 g/mol. The minimum Gasteiger partial charge on any atom is -0.490 e. The molecule has 0 fully saturated rings. The molecule has 0 saturated carbocycles. The second kappa shape index (κ2) is 9.19. The molecule has 0 aromatic heterocycles. The van der Waals surface area contributed by atoms with Gasteiger partial charge >= 0.3 is 6.03 Å². The fraction of sp³-hybridized carbons (Fsp3) is 0.385. The zero-order valence-electron chi connectivity index (χ0n) is 11.1. The highest BCUT2D eigenvalue weighted by atomic mass is 32.2. The molecular formula is C13H17FN2O3S. The third-order valence-electron chi connectivity index (χ3n) is 2.28. The number of carbonyl (C=O) groups excluding carboxylic acids is 2. The van der Waals surface area contributed by atoms with Gasteiger partial charge in [-0.15, -0.1) is 0 Å². The van der Waals surface area contributed by atoms with Gasteiger partial charge in [-0.3, -0.25) is 10.1 Å². The van der Waals surface area contributed by atoms with Gasteiger partial charge in [-0.2, -0.15) is 11.8 Å². The van der Waals surface area contributed by atoms with Crippen molar-refractivity contribution < 1.29 is 18.7 Å². The van der Waals surface area contributed by atoms with Gasteiger partial charge in [0.15, 0.2) is 11.6 Å². The first-order valence-corrected chi connectivity index (χ1v) is 7.25. The summed E-state index contributed by atoms with van der Waals surface area (Å²) in [7, 11) is 1.44. The number of rotatable bonds is 7. The quantitative estimate of drug-likeness (QED) is 0.753. The van der Waals surface area contributed by atoms with Crippen molar-refractivity contribution in [2.45, 2.75) is 6.42 Å². The Labute approximate surface area is 121 Å². The number of urea groups is 1. The number of thioether (sulfide) groups is 1. The van der Waals surface area contributed by atoms with Crippen LogP contribution < -0.4 is 15.4 Å². The average molecular weight is 300 g/mol. The van der Waals surface area contributed by atoms with E-state index in [0.29, 0.717) is 18.1 Å². The van der Waals surface area contributed by atoms with E-state index in [0.717, 1.165) is 0 Å². The first kappa shape index (κ1) is 16.3. The minimum atomic E-state index is -0.511. The number of carbonyl (C=O) groups is 2. The van der Waals surface area contributed by atoms with Crippen LogP contribution in [-0.4, -0.2) is 37.1 Å². The molecule has 0 spiro atoms. The molecule has 0 aliphatic carbocycles. The van der Waals surface area contributed by atoms with E-state index in [1.165, 1.54) is 24.9 Å². The highest BCUT2D eigenvalue weighted by Crippen LogP contribution is 2.15. The van der Waals surface area contributed by atoms with Crippen LogP contribution in [0, 0.1) is 5.82 Å².